The summed E-state index contributed by atoms with van der Waals surface area (Å²) in [6, 6.07) is 13.8. The van der Waals surface area contributed by atoms with Crippen molar-refractivity contribution in [3.05, 3.63) is 99.6 Å². The van der Waals surface area contributed by atoms with Gasteiger partial charge in [-0.05, 0) is 59.9 Å². The largest absolute Gasteiger partial charge is 0.390 e. The quantitative estimate of drug-likeness (QED) is 0.334. The fraction of sp³-hybridized carbons (Fsp3) is 0.296. The molecule has 0 aliphatic heterocycles. The summed E-state index contributed by atoms with van der Waals surface area (Å²) in [6.07, 6.45) is 0.726. The first-order valence-corrected chi connectivity index (χ1v) is 13.9. The second-order valence-electron chi connectivity index (χ2n) is 8.85. The zero-order chi connectivity index (χ0) is 27.2. The zero-order valence-electron chi connectivity index (χ0n) is 20.5. The maximum Gasteiger partial charge on any atom is 0.253 e. The van der Waals surface area contributed by atoms with Crippen molar-refractivity contribution in [3.8, 4) is 0 Å². The number of rotatable bonds is 11. The minimum atomic E-state index is -3.53. The Morgan fingerprint density at radius 3 is 2.30 bits per heavy atom. The van der Waals surface area contributed by atoms with Crippen LogP contribution in [0.3, 0.4) is 0 Å². The van der Waals surface area contributed by atoms with Gasteiger partial charge in [0.25, 0.3) is 5.91 Å². The molecule has 2 atom stereocenters. The highest BCUT2D eigenvalue weighted by atomic mass is 35.5. The highest BCUT2D eigenvalue weighted by molar-refractivity contribution is 7.90. The van der Waals surface area contributed by atoms with Crippen molar-refractivity contribution in [2.24, 2.45) is 0 Å². The molecule has 3 N–H and O–H groups in total. The van der Waals surface area contributed by atoms with Crippen molar-refractivity contribution in [2.75, 3.05) is 12.8 Å². The smallest absolute Gasteiger partial charge is 0.253 e. The van der Waals surface area contributed by atoms with E-state index in [2.05, 4.69) is 23.6 Å². The average molecular weight is 551 g/mol. The van der Waals surface area contributed by atoms with Crippen LogP contribution >= 0.6 is 11.6 Å². The van der Waals surface area contributed by atoms with Gasteiger partial charge in [0.15, 0.2) is 9.84 Å². The molecule has 3 aromatic carbocycles. The van der Waals surface area contributed by atoms with Crippen LogP contribution in [0.4, 0.5) is 8.78 Å². The van der Waals surface area contributed by atoms with E-state index in [1.165, 1.54) is 23.8 Å². The van der Waals surface area contributed by atoms with E-state index < -0.39 is 39.5 Å². The molecule has 0 bridgehead atoms. The molecule has 0 aliphatic carbocycles. The monoisotopic (exact) mass is 550 g/mol. The summed E-state index contributed by atoms with van der Waals surface area (Å²) in [5.41, 5.74) is 2.45. The molecular formula is C27H29ClF2N2O4S. The van der Waals surface area contributed by atoms with E-state index >= 15 is 0 Å². The molecule has 198 valence electrons. The van der Waals surface area contributed by atoms with Crippen LogP contribution in [-0.4, -0.2) is 44.4 Å². The predicted molar refractivity (Wildman–Crippen MR) is 139 cm³/mol. The molecule has 37 heavy (non-hydrogen) atoms. The number of benzene rings is 3. The number of hydrogen-bond donors (Lipinski definition) is 3. The molecular weight excluding hydrogens is 522 g/mol. The van der Waals surface area contributed by atoms with Gasteiger partial charge in [0.05, 0.1) is 27.6 Å². The highest BCUT2D eigenvalue weighted by Crippen LogP contribution is 2.21. The van der Waals surface area contributed by atoms with Crippen molar-refractivity contribution in [1.82, 2.24) is 10.6 Å². The molecule has 0 spiro atoms. The number of sulfone groups is 1. The molecule has 0 heterocycles. The lowest BCUT2D eigenvalue weighted by atomic mass is 10.00. The maximum absolute atomic E-state index is 13.8. The summed E-state index contributed by atoms with van der Waals surface area (Å²) < 4.78 is 51.1. The van der Waals surface area contributed by atoms with Gasteiger partial charge in [-0.2, -0.15) is 0 Å². The van der Waals surface area contributed by atoms with Gasteiger partial charge in [0.1, 0.15) is 11.6 Å². The highest BCUT2D eigenvalue weighted by Gasteiger charge is 2.24. The van der Waals surface area contributed by atoms with Crippen LogP contribution < -0.4 is 10.6 Å². The molecule has 0 radical (unpaired) electrons. The van der Waals surface area contributed by atoms with E-state index in [0.717, 1.165) is 36.4 Å². The van der Waals surface area contributed by atoms with Crippen LogP contribution in [-0.2, 0) is 29.2 Å². The Kier molecular flexibility index (Phi) is 9.78. The molecule has 0 fully saturated rings. The number of hydrogen-bond acceptors (Lipinski definition) is 5. The molecule has 0 unspecified atom stereocenters. The lowest BCUT2D eigenvalue weighted by molar-refractivity contribution is 0.0830. The Balaban J connectivity index is 1.77. The molecule has 1 amide bonds. The summed E-state index contributed by atoms with van der Waals surface area (Å²) in [5, 5.41) is 16.7. The van der Waals surface area contributed by atoms with Gasteiger partial charge in [0, 0.05) is 25.4 Å². The molecule has 0 aromatic heterocycles. The lowest BCUT2D eigenvalue weighted by Gasteiger charge is -2.25. The standard InChI is InChI=1S/C27H29ClF2N2O4S/c1-3-17-5-4-6-18(9-17)15-31-16-26(33)25(12-19-10-20(29)13-21(30)11-19)32-27(34)23-8-7-22(14-24(23)28)37(2,35)36/h4-11,13-14,25-26,31,33H,3,12,15-16H2,1-2H3,(H,32,34)/t25-,26+/m0/s1. The van der Waals surface area contributed by atoms with Gasteiger partial charge < -0.3 is 15.7 Å². The van der Waals surface area contributed by atoms with Gasteiger partial charge in [-0.1, -0.05) is 42.8 Å². The SMILES string of the molecule is CCc1cccc(CNC[C@@H](O)[C@H](Cc2cc(F)cc(F)c2)NC(=O)c2ccc(S(C)(=O)=O)cc2Cl)c1. The first kappa shape index (κ1) is 28.7. The molecule has 3 rings (SSSR count). The van der Waals surface area contributed by atoms with Crippen LogP contribution in [0.5, 0.6) is 0 Å². The predicted octanol–water partition coefficient (Wildman–Crippen LogP) is 4.08. The first-order chi connectivity index (χ1) is 17.5. The van der Waals surface area contributed by atoms with Crippen LogP contribution in [0.25, 0.3) is 0 Å². The minimum absolute atomic E-state index is 0.000953. The maximum atomic E-state index is 13.8. The summed E-state index contributed by atoms with van der Waals surface area (Å²) in [4.78, 5) is 13.0. The van der Waals surface area contributed by atoms with E-state index in [0.29, 0.717) is 6.54 Å². The van der Waals surface area contributed by atoms with Gasteiger partial charge in [-0.25, -0.2) is 17.2 Å². The summed E-state index contributed by atoms with van der Waals surface area (Å²) in [7, 11) is -3.53. The number of aliphatic hydroxyl groups is 1. The van der Waals surface area contributed by atoms with Crippen LogP contribution in [0, 0.1) is 11.6 Å². The Bertz CT molecular complexity index is 1350. The van der Waals surface area contributed by atoms with Gasteiger partial charge in [-0.15, -0.1) is 0 Å². The Morgan fingerprint density at radius 2 is 1.68 bits per heavy atom. The van der Waals surface area contributed by atoms with Gasteiger partial charge in [-0.3, -0.25) is 4.79 Å². The number of amides is 1. The van der Waals surface area contributed by atoms with Crippen molar-refractivity contribution >= 4 is 27.3 Å². The Hall–Kier alpha value is -2.85. The Labute approximate surface area is 220 Å². The first-order valence-electron chi connectivity index (χ1n) is 11.7. The number of nitrogens with one attached hydrogen (secondary N) is 2. The number of aryl methyl sites for hydroxylation is 1. The average Bonchev–Trinajstić information content (AvgIpc) is 2.82. The topological polar surface area (TPSA) is 95.5 Å². The normalized spacial score (nSPS) is 13.2. The van der Waals surface area contributed by atoms with Crippen LogP contribution in [0.15, 0.2) is 65.6 Å². The van der Waals surface area contributed by atoms with Crippen molar-refractivity contribution < 1.29 is 27.1 Å². The van der Waals surface area contributed by atoms with Gasteiger partial charge in [0.2, 0.25) is 0 Å². The van der Waals surface area contributed by atoms with E-state index in [9.17, 15) is 27.1 Å². The molecule has 0 saturated heterocycles. The molecule has 6 nitrogen and oxygen atoms in total. The second kappa shape index (κ2) is 12.6. The second-order valence-corrected chi connectivity index (χ2v) is 11.3. The number of carbonyl (C=O) groups is 1. The van der Waals surface area contributed by atoms with Gasteiger partial charge >= 0.3 is 0 Å². The molecule has 0 saturated carbocycles. The van der Waals surface area contributed by atoms with E-state index in [-0.39, 0.29) is 34.0 Å². The lowest BCUT2D eigenvalue weighted by Crippen LogP contribution is -2.48. The van der Waals surface area contributed by atoms with E-state index in [1.807, 2.05) is 18.2 Å². The van der Waals surface area contributed by atoms with Crippen molar-refractivity contribution in [2.45, 2.75) is 43.4 Å². The fourth-order valence-corrected chi connectivity index (χ4v) is 4.87. The van der Waals surface area contributed by atoms with E-state index in [4.69, 9.17) is 11.6 Å². The fourth-order valence-electron chi connectivity index (χ4n) is 3.89. The molecule has 10 heteroatoms. The van der Waals surface area contributed by atoms with Crippen LogP contribution in [0.2, 0.25) is 5.02 Å². The summed E-state index contributed by atoms with van der Waals surface area (Å²) in [6.45, 7) is 2.61. The zero-order valence-corrected chi connectivity index (χ0v) is 22.0. The van der Waals surface area contributed by atoms with Crippen molar-refractivity contribution in [1.29, 1.82) is 0 Å². The number of aliphatic hydroxyl groups excluding tert-OH is 1. The third-order valence-corrected chi connectivity index (χ3v) is 7.28. The molecule has 0 aliphatic rings. The number of halogens is 3. The molecule has 3 aromatic rings. The number of carbonyl (C=O) groups excluding carboxylic acids is 1. The Morgan fingerprint density at radius 1 is 1.00 bits per heavy atom. The third-order valence-electron chi connectivity index (χ3n) is 5.85. The minimum Gasteiger partial charge on any atom is -0.390 e. The van der Waals surface area contributed by atoms with E-state index in [1.54, 1.807) is 0 Å². The van der Waals surface area contributed by atoms with Crippen molar-refractivity contribution in [3.63, 3.8) is 0 Å². The summed E-state index contributed by atoms with van der Waals surface area (Å²) in [5.74, 6) is -2.22. The third kappa shape index (κ3) is 8.33. The van der Waals surface area contributed by atoms with Crippen LogP contribution in [0.1, 0.15) is 34.0 Å². The summed E-state index contributed by atoms with van der Waals surface area (Å²) >= 11 is 6.17.